The van der Waals surface area contributed by atoms with Crippen LogP contribution in [0.4, 0.5) is 0 Å². The number of benzene rings is 2. The van der Waals surface area contributed by atoms with E-state index >= 15 is 0 Å². The van der Waals surface area contributed by atoms with Crippen molar-refractivity contribution in [3.05, 3.63) is 71.8 Å². The second kappa shape index (κ2) is 10.1. The van der Waals surface area contributed by atoms with Gasteiger partial charge in [0.2, 0.25) is 5.91 Å². The molecular weight excluding hydrogens is 348 g/mol. The average molecular weight is 370 g/mol. The molecular formula is C20H22N2O5. The van der Waals surface area contributed by atoms with Crippen molar-refractivity contribution in [1.82, 2.24) is 10.6 Å². The largest absolute Gasteiger partial charge is 0.480 e. The van der Waals surface area contributed by atoms with Gasteiger partial charge in [-0.1, -0.05) is 60.7 Å². The van der Waals surface area contributed by atoms with Gasteiger partial charge >= 0.3 is 11.9 Å². The summed E-state index contributed by atoms with van der Waals surface area (Å²) in [5.41, 5.74) is 1.66. The summed E-state index contributed by atoms with van der Waals surface area (Å²) in [5.74, 6) is -2.80. The smallest absolute Gasteiger partial charge is 0.322 e. The topological polar surface area (TPSA) is 116 Å². The molecule has 0 bridgehead atoms. The number of aliphatic carboxylic acids is 2. The molecule has 142 valence electrons. The molecule has 1 unspecified atom stereocenters. The van der Waals surface area contributed by atoms with Crippen molar-refractivity contribution in [2.75, 3.05) is 6.54 Å². The van der Waals surface area contributed by atoms with E-state index in [-0.39, 0.29) is 12.8 Å². The number of carbonyl (C=O) groups is 3. The molecule has 0 aliphatic carbocycles. The van der Waals surface area contributed by atoms with Gasteiger partial charge < -0.3 is 15.5 Å². The lowest BCUT2D eigenvalue weighted by atomic mass is 10.0. The Hall–Kier alpha value is -3.19. The Balaban J connectivity index is 2.15. The van der Waals surface area contributed by atoms with Gasteiger partial charge in [-0.05, 0) is 24.0 Å². The SMILES string of the molecule is O=C(O)CNC(=O)[C@H](Cc1ccccc1)NC(Cc1ccccc1)C(=O)O. The lowest BCUT2D eigenvalue weighted by Crippen LogP contribution is -2.53. The highest BCUT2D eigenvalue weighted by Crippen LogP contribution is 2.08. The monoisotopic (exact) mass is 370 g/mol. The zero-order valence-corrected chi connectivity index (χ0v) is 14.7. The van der Waals surface area contributed by atoms with Crippen LogP contribution in [-0.4, -0.2) is 46.7 Å². The van der Waals surface area contributed by atoms with E-state index in [4.69, 9.17) is 5.11 Å². The normalized spacial score (nSPS) is 12.7. The van der Waals surface area contributed by atoms with Crippen molar-refractivity contribution in [3.8, 4) is 0 Å². The number of nitrogens with one attached hydrogen (secondary N) is 2. The third-order valence-corrected chi connectivity index (χ3v) is 4.00. The third-order valence-electron chi connectivity index (χ3n) is 4.00. The summed E-state index contributed by atoms with van der Waals surface area (Å²) >= 11 is 0. The molecule has 2 atom stereocenters. The fourth-order valence-corrected chi connectivity index (χ4v) is 2.67. The van der Waals surface area contributed by atoms with E-state index in [1.807, 2.05) is 60.7 Å². The van der Waals surface area contributed by atoms with Crippen LogP contribution in [0.2, 0.25) is 0 Å². The summed E-state index contributed by atoms with van der Waals surface area (Å²) in [6, 6.07) is 16.4. The fourth-order valence-electron chi connectivity index (χ4n) is 2.67. The van der Waals surface area contributed by atoms with Gasteiger partial charge in [0.25, 0.3) is 0 Å². The lowest BCUT2D eigenvalue weighted by molar-refractivity contribution is -0.141. The Morgan fingerprint density at radius 1 is 0.778 bits per heavy atom. The van der Waals surface area contributed by atoms with Gasteiger partial charge in [-0.2, -0.15) is 0 Å². The lowest BCUT2D eigenvalue weighted by Gasteiger charge is -2.23. The maximum atomic E-state index is 12.4. The standard InChI is InChI=1S/C20H22N2O5/c23-18(24)13-21-19(25)16(11-14-7-3-1-4-8-14)22-17(20(26)27)12-15-9-5-2-6-10-15/h1-10,16-17,22H,11-13H2,(H,21,25)(H,23,24)(H,26,27)/t16-,17?/m0/s1. The highest BCUT2D eigenvalue weighted by atomic mass is 16.4. The minimum Gasteiger partial charge on any atom is -0.480 e. The Morgan fingerprint density at radius 3 is 1.70 bits per heavy atom. The molecule has 7 nitrogen and oxygen atoms in total. The van der Waals surface area contributed by atoms with Gasteiger partial charge in [0, 0.05) is 0 Å². The summed E-state index contributed by atoms with van der Waals surface area (Å²) in [7, 11) is 0. The van der Waals surface area contributed by atoms with Gasteiger partial charge in [-0.3, -0.25) is 19.7 Å². The number of carbonyl (C=O) groups excluding carboxylic acids is 1. The van der Waals surface area contributed by atoms with Crippen LogP contribution in [0.5, 0.6) is 0 Å². The zero-order chi connectivity index (χ0) is 19.6. The summed E-state index contributed by atoms with van der Waals surface area (Å²) in [5, 5.41) is 23.5. The first-order valence-electron chi connectivity index (χ1n) is 8.52. The van der Waals surface area contributed by atoms with E-state index in [9.17, 15) is 19.5 Å². The second-order valence-electron chi connectivity index (χ2n) is 6.10. The van der Waals surface area contributed by atoms with Crippen LogP contribution in [-0.2, 0) is 27.2 Å². The van der Waals surface area contributed by atoms with Crippen LogP contribution in [0, 0.1) is 0 Å². The predicted octanol–water partition coefficient (Wildman–Crippen LogP) is 1.08. The van der Waals surface area contributed by atoms with E-state index in [1.54, 1.807) is 0 Å². The average Bonchev–Trinajstić information content (AvgIpc) is 2.66. The van der Waals surface area contributed by atoms with Crippen molar-refractivity contribution in [2.45, 2.75) is 24.9 Å². The Kier molecular flexibility index (Phi) is 7.51. The number of amides is 1. The van der Waals surface area contributed by atoms with E-state index in [0.29, 0.717) is 0 Å². The molecule has 0 fully saturated rings. The molecule has 0 aromatic heterocycles. The summed E-state index contributed by atoms with van der Waals surface area (Å²) in [4.78, 5) is 34.9. The van der Waals surface area contributed by atoms with Crippen molar-refractivity contribution in [2.24, 2.45) is 0 Å². The van der Waals surface area contributed by atoms with Crippen molar-refractivity contribution < 1.29 is 24.6 Å². The predicted molar refractivity (Wildman–Crippen MR) is 99.3 cm³/mol. The van der Waals surface area contributed by atoms with E-state index in [2.05, 4.69) is 10.6 Å². The van der Waals surface area contributed by atoms with E-state index in [0.717, 1.165) is 11.1 Å². The van der Waals surface area contributed by atoms with E-state index < -0.39 is 36.5 Å². The number of rotatable bonds is 10. The molecule has 27 heavy (non-hydrogen) atoms. The molecule has 0 spiro atoms. The summed E-state index contributed by atoms with van der Waals surface area (Å²) in [6.07, 6.45) is 0.443. The Labute approximate surface area is 157 Å². The number of hydrogen-bond acceptors (Lipinski definition) is 4. The first kappa shape index (κ1) is 20.1. The van der Waals surface area contributed by atoms with E-state index in [1.165, 1.54) is 0 Å². The molecule has 0 saturated carbocycles. The Morgan fingerprint density at radius 2 is 1.26 bits per heavy atom. The number of carboxylic acid groups (broad SMARTS) is 2. The fraction of sp³-hybridized carbons (Fsp3) is 0.250. The molecule has 0 aliphatic rings. The van der Waals surface area contributed by atoms with Crippen molar-refractivity contribution in [3.63, 3.8) is 0 Å². The molecule has 4 N–H and O–H groups in total. The maximum Gasteiger partial charge on any atom is 0.322 e. The van der Waals surface area contributed by atoms with Gasteiger partial charge in [-0.25, -0.2) is 0 Å². The minimum absolute atomic E-state index is 0.202. The molecule has 7 heteroatoms. The quantitative estimate of drug-likeness (QED) is 0.497. The molecule has 2 aromatic carbocycles. The van der Waals surface area contributed by atoms with Crippen molar-refractivity contribution in [1.29, 1.82) is 0 Å². The van der Waals surface area contributed by atoms with Crippen LogP contribution in [0.1, 0.15) is 11.1 Å². The first-order chi connectivity index (χ1) is 13.0. The van der Waals surface area contributed by atoms with Crippen molar-refractivity contribution >= 4 is 17.8 Å². The Bertz CT molecular complexity index is 764. The number of carboxylic acids is 2. The van der Waals surface area contributed by atoms with Gasteiger partial charge in [0.15, 0.2) is 0 Å². The van der Waals surface area contributed by atoms with Crippen LogP contribution in [0.25, 0.3) is 0 Å². The molecule has 2 rings (SSSR count). The van der Waals surface area contributed by atoms with Gasteiger partial charge in [0.05, 0.1) is 6.04 Å². The molecule has 0 heterocycles. The highest BCUT2D eigenvalue weighted by molar-refractivity contribution is 5.86. The zero-order valence-electron chi connectivity index (χ0n) is 14.7. The van der Waals surface area contributed by atoms with Crippen LogP contribution in [0.15, 0.2) is 60.7 Å². The maximum absolute atomic E-state index is 12.4. The van der Waals surface area contributed by atoms with Crippen LogP contribution in [0.3, 0.4) is 0 Å². The second-order valence-corrected chi connectivity index (χ2v) is 6.10. The van der Waals surface area contributed by atoms with Crippen LogP contribution >= 0.6 is 0 Å². The molecule has 0 saturated heterocycles. The molecule has 0 aliphatic heterocycles. The first-order valence-corrected chi connectivity index (χ1v) is 8.52. The summed E-state index contributed by atoms with van der Waals surface area (Å²) < 4.78 is 0. The highest BCUT2D eigenvalue weighted by Gasteiger charge is 2.27. The summed E-state index contributed by atoms with van der Waals surface area (Å²) in [6.45, 7) is -0.526. The molecule has 0 radical (unpaired) electrons. The number of hydrogen-bond donors (Lipinski definition) is 4. The van der Waals surface area contributed by atoms with Crippen LogP contribution < -0.4 is 10.6 Å². The minimum atomic E-state index is -1.17. The molecule has 1 amide bonds. The van der Waals surface area contributed by atoms with Gasteiger partial charge in [-0.15, -0.1) is 0 Å². The molecule has 2 aromatic rings. The van der Waals surface area contributed by atoms with Gasteiger partial charge in [0.1, 0.15) is 12.6 Å². The third kappa shape index (κ3) is 6.91.